The molecule has 1 aromatic rings. The predicted octanol–water partition coefficient (Wildman–Crippen LogP) is 0.756. The minimum Gasteiger partial charge on any atom is -0.481 e. The van der Waals surface area contributed by atoms with Crippen molar-refractivity contribution in [1.82, 2.24) is 0 Å². The Morgan fingerprint density at radius 2 is 2.22 bits per heavy atom. The smallest absolute Gasteiger partial charge is 0.304 e. The summed E-state index contributed by atoms with van der Waals surface area (Å²) in [6.45, 7) is -0.213. The molecule has 1 heterocycles. The van der Waals surface area contributed by atoms with E-state index in [0.29, 0.717) is 6.42 Å². The number of carboxylic acid groups (broad SMARTS) is 1. The Kier molecular flexibility index (Phi) is 3.34. The van der Waals surface area contributed by atoms with E-state index in [1.54, 1.807) is 24.1 Å². The van der Waals surface area contributed by atoms with E-state index in [9.17, 15) is 14.7 Å². The van der Waals surface area contributed by atoms with Crippen molar-refractivity contribution >= 4 is 17.6 Å². The van der Waals surface area contributed by atoms with Crippen LogP contribution >= 0.6 is 0 Å². The molecule has 5 heteroatoms. The summed E-state index contributed by atoms with van der Waals surface area (Å²) in [4.78, 5) is 23.8. The number of carbonyl (C=O) groups excluding carboxylic acids is 1. The first-order valence-corrected chi connectivity index (χ1v) is 5.75. The number of hydrogen-bond acceptors (Lipinski definition) is 3. The third kappa shape index (κ3) is 2.22. The molecule has 2 N–H and O–H groups in total. The molecular weight excluding hydrogens is 234 g/mol. The van der Waals surface area contributed by atoms with E-state index < -0.39 is 11.9 Å². The molecular formula is C13H15NO4. The number of likely N-dealkylation sites (N-methyl/N-ethyl adjacent to an activating group) is 1. The van der Waals surface area contributed by atoms with Gasteiger partial charge >= 0.3 is 5.97 Å². The number of fused-ring (bicyclic) bond motifs is 1. The van der Waals surface area contributed by atoms with E-state index in [4.69, 9.17) is 5.11 Å². The summed E-state index contributed by atoms with van der Waals surface area (Å²) in [7, 11) is 1.72. The third-order valence-corrected chi connectivity index (χ3v) is 3.29. The average Bonchev–Trinajstić information content (AvgIpc) is 2.61. The second kappa shape index (κ2) is 4.78. The molecule has 0 aromatic heterocycles. The Hall–Kier alpha value is -1.88. The summed E-state index contributed by atoms with van der Waals surface area (Å²) >= 11 is 0. The maximum absolute atomic E-state index is 11.5. The fourth-order valence-corrected chi connectivity index (χ4v) is 2.24. The van der Waals surface area contributed by atoms with Gasteiger partial charge in [-0.1, -0.05) is 12.1 Å². The van der Waals surface area contributed by atoms with Crippen LogP contribution in [0.15, 0.2) is 18.2 Å². The lowest BCUT2D eigenvalue weighted by Gasteiger charge is -2.15. The predicted molar refractivity (Wildman–Crippen MR) is 65.6 cm³/mol. The van der Waals surface area contributed by atoms with Gasteiger partial charge in [0.2, 0.25) is 5.91 Å². The highest BCUT2D eigenvalue weighted by Gasteiger charge is 2.25. The highest BCUT2D eigenvalue weighted by atomic mass is 16.4. The van der Waals surface area contributed by atoms with Crippen LogP contribution in [0.4, 0.5) is 5.69 Å². The summed E-state index contributed by atoms with van der Waals surface area (Å²) < 4.78 is 0. The molecule has 1 aliphatic heterocycles. The second-order valence-corrected chi connectivity index (χ2v) is 4.50. The molecule has 1 unspecified atom stereocenters. The molecule has 1 atom stereocenters. The van der Waals surface area contributed by atoms with Gasteiger partial charge in [-0.3, -0.25) is 9.59 Å². The van der Waals surface area contributed by atoms with E-state index in [2.05, 4.69) is 0 Å². The molecule has 1 aromatic carbocycles. The monoisotopic (exact) mass is 249 g/mol. The first-order chi connectivity index (χ1) is 8.52. The van der Waals surface area contributed by atoms with Crippen molar-refractivity contribution in [1.29, 1.82) is 0 Å². The Morgan fingerprint density at radius 1 is 1.50 bits per heavy atom. The fraction of sp³-hybridized carbons (Fsp3) is 0.385. The number of aliphatic carboxylic acids is 1. The lowest BCUT2D eigenvalue weighted by atomic mass is 9.94. The number of aliphatic hydroxyl groups is 1. The third-order valence-electron chi connectivity index (χ3n) is 3.29. The summed E-state index contributed by atoms with van der Waals surface area (Å²) in [5.41, 5.74) is 2.52. The Bertz CT molecular complexity index is 498. The zero-order valence-corrected chi connectivity index (χ0v) is 10.1. The molecule has 0 aliphatic carbocycles. The molecule has 5 nitrogen and oxygen atoms in total. The van der Waals surface area contributed by atoms with Gasteiger partial charge in [0.1, 0.15) is 0 Å². The van der Waals surface area contributed by atoms with Crippen LogP contribution in [0.25, 0.3) is 0 Å². The molecule has 0 spiro atoms. The number of hydrogen-bond donors (Lipinski definition) is 2. The first-order valence-electron chi connectivity index (χ1n) is 5.75. The normalized spacial score (nSPS) is 15.7. The topological polar surface area (TPSA) is 77.8 Å². The fourth-order valence-electron chi connectivity index (χ4n) is 2.24. The number of aliphatic hydroxyl groups excluding tert-OH is 1. The van der Waals surface area contributed by atoms with Crippen LogP contribution in [0, 0.1) is 0 Å². The number of anilines is 1. The summed E-state index contributed by atoms with van der Waals surface area (Å²) in [6, 6.07) is 5.40. The minimum absolute atomic E-state index is 0.0286. The Balaban J connectivity index is 2.29. The van der Waals surface area contributed by atoms with Crippen LogP contribution in [-0.4, -0.2) is 35.7 Å². The van der Waals surface area contributed by atoms with E-state index >= 15 is 0 Å². The van der Waals surface area contributed by atoms with Crippen molar-refractivity contribution in [2.24, 2.45) is 0 Å². The van der Waals surface area contributed by atoms with Gasteiger partial charge in [0.15, 0.2) is 0 Å². The first kappa shape index (κ1) is 12.6. The van der Waals surface area contributed by atoms with Gasteiger partial charge in [0, 0.05) is 18.7 Å². The van der Waals surface area contributed by atoms with Gasteiger partial charge < -0.3 is 15.1 Å². The van der Waals surface area contributed by atoms with Gasteiger partial charge in [-0.2, -0.15) is 0 Å². The number of carbonyl (C=O) groups is 2. The quantitative estimate of drug-likeness (QED) is 0.825. The zero-order valence-electron chi connectivity index (χ0n) is 10.1. The van der Waals surface area contributed by atoms with Gasteiger partial charge in [-0.05, 0) is 17.2 Å². The van der Waals surface area contributed by atoms with Crippen LogP contribution in [-0.2, 0) is 16.0 Å². The molecule has 1 aliphatic rings. The molecule has 2 rings (SSSR count). The second-order valence-electron chi connectivity index (χ2n) is 4.50. The molecule has 0 saturated carbocycles. The van der Waals surface area contributed by atoms with Crippen molar-refractivity contribution in [2.45, 2.75) is 18.8 Å². The Labute approximate surface area is 105 Å². The van der Waals surface area contributed by atoms with Crippen LogP contribution in [0.5, 0.6) is 0 Å². The molecule has 0 bridgehead atoms. The van der Waals surface area contributed by atoms with Crippen molar-refractivity contribution in [3.8, 4) is 0 Å². The Morgan fingerprint density at radius 3 is 2.83 bits per heavy atom. The van der Waals surface area contributed by atoms with Crippen LogP contribution in [0.2, 0.25) is 0 Å². The molecule has 1 amide bonds. The summed E-state index contributed by atoms with van der Waals surface area (Å²) in [5.74, 6) is -1.34. The summed E-state index contributed by atoms with van der Waals surface area (Å²) in [6.07, 6.45) is 0.226. The molecule has 96 valence electrons. The SMILES string of the molecule is CN1C(=O)Cc2cc(C(CO)CC(=O)O)ccc21. The number of benzene rings is 1. The molecule has 0 saturated heterocycles. The van der Waals surface area contributed by atoms with Crippen LogP contribution in [0.1, 0.15) is 23.5 Å². The van der Waals surface area contributed by atoms with Crippen LogP contribution in [0.3, 0.4) is 0 Å². The lowest BCUT2D eigenvalue weighted by Crippen LogP contribution is -2.20. The summed E-state index contributed by atoms with van der Waals surface area (Å²) in [5, 5.41) is 18.0. The number of rotatable bonds is 4. The highest BCUT2D eigenvalue weighted by Crippen LogP contribution is 2.31. The van der Waals surface area contributed by atoms with Crippen LogP contribution < -0.4 is 4.90 Å². The minimum atomic E-state index is -0.942. The van der Waals surface area contributed by atoms with Gasteiger partial charge in [-0.15, -0.1) is 0 Å². The maximum Gasteiger partial charge on any atom is 0.304 e. The standard InChI is InChI=1S/C13H15NO4/c1-14-11-3-2-8(4-9(11)5-12(14)16)10(7-15)6-13(17)18/h2-4,10,15H,5-7H2,1H3,(H,17,18). The van der Waals surface area contributed by atoms with Crippen molar-refractivity contribution in [3.05, 3.63) is 29.3 Å². The van der Waals surface area contributed by atoms with Crippen molar-refractivity contribution < 1.29 is 19.8 Å². The van der Waals surface area contributed by atoms with E-state index in [-0.39, 0.29) is 18.9 Å². The van der Waals surface area contributed by atoms with Gasteiger partial charge in [0.05, 0.1) is 19.4 Å². The van der Waals surface area contributed by atoms with E-state index in [1.165, 1.54) is 0 Å². The molecule has 0 radical (unpaired) electrons. The van der Waals surface area contributed by atoms with Crippen molar-refractivity contribution in [3.63, 3.8) is 0 Å². The van der Waals surface area contributed by atoms with Gasteiger partial charge in [0.25, 0.3) is 0 Å². The maximum atomic E-state index is 11.5. The van der Waals surface area contributed by atoms with Gasteiger partial charge in [-0.25, -0.2) is 0 Å². The lowest BCUT2D eigenvalue weighted by molar-refractivity contribution is -0.137. The zero-order chi connectivity index (χ0) is 13.3. The molecule has 0 fully saturated rings. The van der Waals surface area contributed by atoms with E-state index in [1.807, 2.05) is 6.07 Å². The number of amides is 1. The number of nitrogens with zero attached hydrogens (tertiary/aromatic N) is 1. The van der Waals surface area contributed by atoms with Crippen molar-refractivity contribution in [2.75, 3.05) is 18.6 Å². The highest BCUT2D eigenvalue weighted by molar-refractivity contribution is 6.00. The van der Waals surface area contributed by atoms with E-state index in [0.717, 1.165) is 16.8 Å². The average molecular weight is 249 g/mol. The molecule has 18 heavy (non-hydrogen) atoms. The number of carboxylic acids is 1. The largest absolute Gasteiger partial charge is 0.481 e.